The summed E-state index contributed by atoms with van der Waals surface area (Å²) in [6.45, 7) is 0.518. The van der Waals surface area contributed by atoms with Gasteiger partial charge in [-0.15, -0.1) is 0 Å². The standard InChI is InChI=1S/C19H24N6O3S/c20-16-23-19(24-17-10-13-21-14-11-17)22-12-6-1-2-7-15-29(26,27)25-28-18-8-4-3-5-9-18/h3-5,8-11,13-14,25H,1-2,6-7,12,15H2,(H2,21,22,23,24). The van der Waals surface area contributed by atoms with Gasteiger partial charge in [-0.1, -0.05) is 31.0 Å². The van der Waals surface area contributed by atoms with E-state index in [1.54, 1.807) is 48.8 Å². The first-order valence-corrected chi connectivity index (χ1v) is 10.8. The van der Waals surface area contributed by atoms with E-state index in [2.05, 4.69) is 25.5 Å². The van der Waals surface area contributed by atoms with Crippen molar-refractivity contribution in [3.8, 4) is 11.9 Å². The summed E-state index contributed by atoms with van der Waals surface area (Å²) in [5, 5.41) is 14.3. The van der Waals surface area contributed by atoms with Gasteiger partial charge in [0.1, 0.15) is 5.75 Å². The molecule has 154 valence electrons. The molecule has 0 unspecified atom stereocenters. The summed E-state index contributed by atoms with van der Waals surface area (Å²) in [5.41, 5.74) is 0.775. The van der Waals surface area contributed by atoms with E-state index < -0.39 is 10.0 Å². The Kier molecular flexibility index (Phi) is 9.41. The van der Waals surface area contributed by atoms with Gasteiger partial charge in [0.25, 0.3) is 0 Å². The monoisotopic (exact) mass is 416 g/mol. The van der Waals surface area contributed by atoms with Crippen LogP contribution in [0.3, 0.4) is 0 Å². The fourth-order valence-corrected chi connectivity index (χ4v) is 3.22. The maximum absolute atomic E-state index is 11.9. The number of hydrogen-bond acceptors (Lipinski definition) is 6. The molecule has 10 heteroatoms. The molecule has 0 amide bonds. The Morgan fingerprint density at radius 2 is 1.79 bits per heavy atom. The molecule has 1 aromatic carbocycles. The highest BCUT2D eigenvalue weighted by molar-refractivity contribution is 7.89. The van der Waals surface area contributed by atoms with Gasteiger partial charge in [0, 0.05) is 24.6 Å². The minimum absolute atomic E-state index is 0.00601. The number of nitrogens with zero attached hydrogens (tertiary/aromatic N) is 3. The van der Waals surface area contributed by atoms with Crippen LogP contribution in [-0.4, -0.2) is 31.7 Å². The van der Waals surface area contributed by atoms with Crippen LogP contribution in [0.15, 0.2) is 59.9 Å². The van der Waals surface area contributed by atoms with Gasteiger partial charge in [-0.3, -0.25) is 15.3 Å². The molecule has 29 heavy (non-hydrogen) atoms. The maximum Gasteiger partial charge on any atom is 0.242 e. The average Bonchev–Trinajstić information content (AvgIpc) is 2.73. The van der Waals surface area contributed by atoms with E-state index in [1.807, 2.05) is 12.3 Å². The molecule has 1 heterocycles. The predicted molar refractivity (Wildman–Crippen MR) is 111 cm³/mol. The molecule has 0 bridgehead atoms. The first kappa shape index (κ1) is 22.1. The van der Waals surface area contributed by atoms with Gasteiger partial charge in [-0.05, 0) is 42.0 Å². The average molecular weight is 417 g/mol. The number of pyridine rings is 1. The van der Waals surface area contributed by atoms with E-state index in [9.17, 15) is 8.42 Å². The Labute approximate surface area is 170 Å². The molecule has 0 aliphatic heterocycles. The van der Waals surface area contributed by atoms with E-state index in [1.165, 1.54) is 0 Å². The number of nitriles is 1. The van der Waals surface area contributed by atoms with E-state index in [-0.39, 0.29) is 5.75 Å². The lowest BCUT2D eigenvalue weighted by Gasteiger charge is -2.08. The van der Waals surface area contributed by atoms with Crippen LogP contribution in [0.25, 0.3) is 0 Å². The minimum atomic E-state index is -3.49. The highest BCUT2D eigenvalue weighted by Gasteiger charge is 2.10. The fraction of sp³-hybridized carbons (Fsp3) is 0.316. The normalized spacial score (nSPS) is 11.5. The molecule has 0 fully saturated rings. The van der Waals surface area contributed by atoms with Crippen molar-refractivity contribution in [2.45, 2.75) is 25.7 Å². The Morgan fingerprint density at radius 3 is 2.52 bits per heavy atom. The minimum Gasteiger partial charge on any atom is -0.394 e. The molecule has 0 saturated heterocycles. The molecule has 0 aliphatic carbocycles. The molecular formula is C19H24N6O3S. The van der Waals surface area contributed by atoms with Crippen LogP contribution >= 0.6 is 0 Å². The van der Waals surface area contributed by atoms with Crippen molar-refractivity contribution < 1.29 is 13.3 Å². The summed E-state index contributed by atoms with van der Waals surface area (Å²) in [6, 6.07) is 12.2. The summed E-state index contributed by atoms with van der Waals surface area (Å²) in [7, 11) is -3.49. The highest BCUT2D eigenvalue weighted by atomic mass is 32.2. The highest BCUT2D eigenvalue weighted by Crippen LogP contribution is 2.08. The quantitative estimate of drug-likeness (QED) is 0.128. The van der Waals surface area contributed by atoms with Crippen LogP contribution < -0.4 is 20.4 Å². The topological polar surface area (TPSA) is 128 Å². The first-order chi connectivity index (χ1) is 14.1. The van der Waals surface area contributed by atoms with Crippen LogP contribution in [0.5, 0.6) is 5.75 Å². The van der Waals surface area contributed by atoms with Crippen molar-refractivity contribution in [1.29, 1.82) is 5.26 Å². The Morgan fingerprint density at radius 1 is 1.07 bits per heavy atom. The molecule has 0 saturated carbocycles. The molecule has 1 aromatic heterocycles. The zero-order chi connectivity index (χ0) is 20.8. The molecule has 2 aromatic rings. The van der Waals surface area contributed by atoms with E-state index in [0.717, 1.165) is 24.9 Å². The number of para-hydroxylation sites is 1. The smallest absolute Gasteiger partial charge is 0.242 e. The Hall–Kier alpha value is -3.16. The summed E-state index contributed by atoms with van der Waals surface area (Å²) in [4.78, 5) is 15.4. The van der Waals surface area contributed by atoms with E-state index in [0.29, 0.717) is 24.7 Å². The second-order valence-electron chi connectivity index (χ2n) is 6.06. The number of nitrogens with one attached hydrogen (secondary N) is 3. The van der Waals surface area contributed by atoms with Crippen molar-refractivity contribution in [1.82, 2.24) is 15.2 Å². The predicted octanol–water partition coefficient (Wildman–Crippen LogP) is 2.39. The van der Waals surface area contributed by atoms with Gasteiger partial charge in [0.15, 0.2) is 6.19 Å². The molecule has 0 aliphatic rings. The fourth-order valence-electron chi connectivity index (χ4n) is 2.33. The number of anilines is 1. The third-order valence-electron chi connectivity index (χ3n) is 3.74. The van der Waals surface area contributed by atoms with Crippen LogP contribution in [0.4, 0.5) is 5.69 Å². The summed E-state index contributed by atoms with van der Waals surface area (Å²) >= 11 is 0. The number of benzene rings is 1. The van der Waals surface area contributed by atoms with E-state index >= 15 is 0 Å². The van der Waals surface area contributed by atoms with Gasteiger partial charge >= 0.3 is 0 Å². The van der Waals surface area contributed by atoms with Gasteiger partial charge in [-0.25, -0.2) is 8.42 Å². The lowest BCUT2D eigenvalue weighted by Crippen LogP contribution is -2.29. The SMILES string of the molecule is N#CNC(=NCCCCCCS(=O)(=O)NOc1ccccc1)Nc1ccncc1. The molecule has 3 N–H and O–H groups in total. The zero-order valence-corrected chi connectivity index (χ0v) is 16.7. The van der Waals surface area contributed by atoms with Crippen LogP contribution in [0.1, 0.15) is 25.7 Å². The van der Waals surface area contributed by atoms with Crippen molar-refractivity contribution >= 4 is 21.7 Å². The second kappa shape index (κ2) is 12.3. The molecular weight excluding hydrogens is 392 g/mol. The van der Waals surface area contributed by atoms with Crippen molar-refractivity contribution in [2.24, 2.45) is 4.99 Å². The number of guanidine groups is 1. The lowest BCUT2D eigenvalue weighted by molar-refractivity contribution is 0.269. The number of sulfonamides is 1. The van der Waals surface area contributed by atoms with Crippen LogP contribution in [0, 0.1) is 11.5 Å². The number of unbranched alkanes of at least 4 members (excludes halogenated alkanes) is 3. The van der Waals surface area contributed by atoms with Crippen molar-refractivity contribution in [2.75, 3.05) is 17.6 Å². The molecule has 2 rings (SSSR count). The van der Waals surface area contributed by atoms with Crippen LogP contribution in [0.2, 0.25) is 0 Å². The number of aromatic nitrogens is 1. The molecule has 9 nitrogen and oxygen atoms in total. The van der Waals surface area contributed by atoms with Gasteiger partial charge in [0.05, 0.1) is 5.75 Å². The van der Waals surface area contributed by atoms with Crippen molar-refractivity contribution in [3.05, 3.63) is 54.9 Å². The second-order valence-corrected chi connectivity index (χ2v) is 7.86. The van der Waals surface area contributed by atoms with Crippen LogP contribution in [-0.2, 0) is 10.0 Å². The summed E-state index contributed by atoms with van der Waals surface area (Å²) < 4.78 is 23.8. The first-order valence-electron chi connectivity index (χ1n) is 9.17. The van der Waals surface area contributed by atoms with Gasteiger partial charge in [-0.2, -0.15) is 5.26 Å². The third-order valence-corrected chi connectivity index (χ3v) is 4.90. The summed E-state index contributed by atoms with van der Waals surface area (Å²) in [6.07, 6.45) is 8.00. The maximum atomic E-state index is 11.9. The number of hydrogen-bond donors (Lipinski definition) is 3. The lowest BCUT2D eigenvalue weighted by atomic mass is 10.2. The van der Waals surface area contributed by atoms with Gasteiger partial charge in [0.2, 0.25) is 16.0 Å². The third kappa shape index (κ3) is 9.55. The zero-order valence-electron chi connectivity index (χ0n) is 15.9. The Balaban J connectivity index is 1.62. The summed E-state index contributed by atoms with van der Waals surface area (Å²) in [5.74, 6) is 0.799. The molecule has 0 atom stereocenters. The number of rotatable bonds is 11. The number of aliphatic imine (C=N–C) groups is 1. The molecule has 0 radical (unpaired) electrons. The van der Waals surface area contributed by atoms with Crippen molar-refractivity contribution in [3.63, 3.8) is 0 Å². The largest absolute Gasteiger partial charge is 0.394 e. The molecule has 0 spiro atoms. The van der Waals surface area contributed by atoms with Gasteiger partial charge < -0.3 is 10.2 Å². The Bertz CT molecular complexity index is 899. The van der Waals surface area contributed by atoms with E-state index in [4.69, 9.17) is 10.1 Å².